The van der Waals surface area contributed by atoms with Gasteiger partial charge in [0.2, 0.25) is 23.7 Å². The van der Waals surface area contributed by atoms with E-state index in [2.05, 4.69) is 32.9 Å². The minimum Gasteiger partial charge on any atom is -0.493 e. The number of methoxy groups -OCH3 is 3. The molecule has 5 rings (SSSR count). The van der Waals surface area contributed by atoms with Crippen LogP contribution in [0.1, 0.15) is 31.9 Å². The molecule has 8 heteroatoms. The molecule has 2 heterocycles. The Kier molecular flexibility index (Phi) is 6.57. The van der Waals surface area contributed by atoms with E-state index in [1.807, 2.05) is 12.1 Å². The molecule has 0 N–H and O–H groups in total. The number of hydrogen-bond donors (Lipinski definition) is 0. The van der Waals surface area contributed by atoms with E-state index in [0.717, 1.165) is 5.56 Å². The van der Waals surface area contributed by atoms with Crippen LogP contribution in [0, 0.1) is 0 Å². The molecule has 8 nitrogen and oxygen atoms in total. The highest BCUT2D eigenvalue weighted by Crippen LogP contribution is 2.52. The fourth-order valence-corrected chi connectivity index (χ4v) is 4.43. The standard InChI is InChI=1S/C30H30O8/c1-30(2,3)18-9-7-17(8-10-18)14-35-24-13-22-20(12-23(24)32-4)26(31)21(15-36-22)19-11-25(33-5)28-29(27(19)34-6)38-16-37-28/h7-13,15H,14,16H2,1-6H3. The van der Waals surface area contributed by atoms with E-state index in [1.165, 1.54) is 33.2 Å². The lowest BCUT2D eigenvalue weighted by Crippen LogP contribution is -2.11. The first-order valence-corrected chi connectivity index (χ1v) is 12.2. The van der Waals surface area contributed by atoms with Crippen molar-refractivity contribution in [3.05, 3.63) is 70.1 Å². The van der Waals surface area contributed by atoms with Crippen molar-refractivity contribution in [2.24, 2.45) is 0 Å². The van der Waals surface area contributed by atoms with Crippen molar-refractivity contribution in [2.75, 3.05) is 28.1 Å². The monoisotopic (exact) mass is 518 g/mol. The number of fused-ring (bicyclic) bond motifs is 2. The fraction of sp³-hybridized carbons (Fsp3) is 0.300. The number of benzene rings is 3. The van der Waals surface area contributed by atoms with Crippen LogP contribution in [-0.2, 0) is 12.0 Å². The van der Waals surface area contributed by atoms with Crippen LogP contribution in [0.4, 0.5) is 0 Å². The lowest BCUT2D eigenvalue weighted by molar-refractivity contribution is 0.168. The van der Waals surface area contributed by atoms with Gasteiger partial charge in [-0.05, 0) is 28.7 Å². The van der Waals surface area contributed by atoms with Crippen molar-refractivity contribution >= 4 is 11.0 Å². The first-order valence-electron chi connectivity index (χ1n) is 12.2. The molecule has 1 aliphatic heterocycles. The van der Waals surface area contributed by atoms with E-state index in [-0.39, 0.29) is 23.2 Å². The Morgan fingerprint density at radius 2 is 1.53 bits per heavy atom. The van der Waals surface area contributed by atoms with Gasteiger partial charge in [-0.15, -0.1) is 0 Å². The van der Waals surface area contributed by atoms with Crippen LogP contribution in [0.5, 0.6) is 34.5 Å². The predicted octanol–water partition coefficient (Wildman–Crippen LogP) is 6.09. The highest BCUT2D eigenvalue weighted by Gasteiger charge is 2.29. The van der Waals surface area contributed by atoms with E-state index in [4.69, 9.17) is 32.8 Å². The molecule has 198 valence electrons. The summed E-state index contributed by atoms with van der Waals surface area (Å²) in [6.07, 6.45) is 1.39. The van der Waals surface area contributed by atoms with E-state index >= 15 is 0 Å². The lowest BCUT2D eigenvalue weighted by atomic mass is 9.87. The first-order chi connectivity index (χ1) is 18.2. The number of ether oxygens (including phenoxy) is 6. The Bertz CT molecular complexity index is 1540. The van der Waals surface area contributed by atoms with Gasteiger partial charge in [-0.1, -0.05) is 45.0 Å². The Morgan fingerprint density at radius 3 is 2.18 bits per heavy atom. The minimum absolute atomic E-state index is 0.0263. The van der Waals surface area contributed by atoms with Gasteiger partial charge in [0.1, 0.15) is 18.5 Å². The molecular formula is C30H30O8. The Balaban J connectivity index is 1.51. The molecule has 1 aliphatic rings. The maximum absolute atomic E-state index is 13.6. The summed E-state index contributed by atoms with van der Waals surface area (Å²) in [5, 5.41) is 0.333. The van der Waals surface area contributed by atoms with Crippen molar-refractivity contribution in [3.63, 3.8) is 0 Å². The molecule has 0 saturated carbocycles. The number of rotatable bonds is 7. The van der Waals surface area contributed by atoms with Crippen molar-refractivity contribution < 1.29 is 32.8 Å². The zero-order valence-corrected chi connectivity index (χ0v) is 22.3. The summed E-state index contributed by atoms with van der Waals surface area (Å²) in [7, 11) is 4.55. The van der Waals surface area contributed by atoms with Gasteiger partial charge in [-0.2, -0.15) is 0 Å². The topological polar surface area (TPSA) is 85.6 Å². The summed E-state index contributed by atoms with van der Waals surface area (Å²) in [4.78, 5) is 13.6. The van der Waals surface area contributed by atoms with Crippen LogP contribution in [0.15, 0.2) is 57.9 Å². The molecular weight excluding hydrogens is 488 g/mol. The molecule has 0 fully saturated rings. The predicted molar refractivity (Wildman–Crippen MR) is 143 cm³/mol. The summed E-state index contributed by atoms with van der Waals surface area (Å²) in [5.41, 5.74) is 3.17. The van der Waals surface area contributed by atoms with Gasteiger partial charge in [-0.25, -0.2) is 0 Å². The van der Waals surface area contributed by atoms with E-state index in [9.17, 15) is 4.79 Å². The van der Waals surface area contributed by atoms with Gasteiger partial charge in [0, 0.05) is 11.6 Å². The second-order valence-corrected chi connectivity index (χ2v) is 9.94. The molecule has 0 bridgehead atoms. The lowest BCUT2D eigenvalue weighted by Gasteiger charge is -2.19. The Morgan fingerprint density at radius 1 is 0.816 bits per heavy atom. The molecule has 0 atom stereocenters. The smallest absolute Gasteiger partial charge is 0.231 e. The minimum atomic E-state index is -0.270. The van der Waals surface area contributed by atoms with Crippen molar-refractivity contribution in [3.8, 4) is 45.6 Å². The van der Waals surface area contributed by atoms with E-state index in [0.29, 0.717) is 57.6 Å². The molecule has 0 radical (unpaired) electrons. The molecule has 0 amide bonds. The molecule has 0 saturated heterocycles. The normalized spacial score (nSPS) is 12.5. The van der Waals surface area contributed by atoms with Crippen LogP contribution in [0.2, 0.25) is 0 Å². The molecule has 38 heavy (non-hydrogen) atoms. The summed E-state index contributed by atoms with van der Waals surface area (Å²) < 4.78 is 39.7. The van der Waals surface area contributed by atoms with Gasteiger partial charge in [0.05, 0.1) is 32.3 Å². The summed E-state index contributed by atoms with van der Waals surface area (Å²) in [6.45, 7) is 6.89. The maximum atomic E-state index is 13.6. The average molecular weight is 519 g/mol. The molecule has 0 spiro atoms. The highest BCUT2D eigenvalue weighted by atomic mass is 16.7. The van der Waals surface area contributed by atoms with E-state index in [1.54, 1.807) is 18.2 Å². The van der Waals surface area contributed by atoms with Crippen molar-refractivity contribution in [1.82, 2.24) is 0 Å². The molecule has 0 unspecified atom stereocenters. The summed E-state index contributed by atoms with van der Waals surface area (Å²) >= 11 is 0. The molecule has 0 aliphatic carbocycles. The Labute approximate surface area is 220 Å². The zero-order valence-electron chi connectivity index (χ0n) is 22.3. The van der Waals surface area contributed by atoms with Gasteiger partial charge in [0.25, 0.3) is 0 Å². The zero-order chi connectivity index (χ0) is 27.0. The third-order valence-electron chi connectivity index (χ3n) is 6.55. The fourth-order valence-electron chi connectivity index (χ4n) is 4.43. The van der Waals surface area contributed by atoms with Crippen LogP contribution in [0.25, 0.3) is 22.1 Å². The maximum Gasteiger partial charge on any atom is 0.231 e. The quantitative estimate of drug-likeness (QED) is 0.291. The van der Waals surface area contributed by atoms with Gasteiger partial charge < -0.3 is 32.8 Å². The third kappa shape index (κ3) is 4.47. The summed E-state index contributed by atoms with van der Waals surface area (Å²) in [6, 6.07) is 13.3. The first kappa shape index (κ1) is 25.3. The highest BCUT2D eigenvalue weighted by molar-refractivity contribution is 5.87. The van der Waals surface area contributed by atoms with Crippen molar-refractivity contribution in [2.45, 2.75) is 32.8 Å². The molecule has 4 aromatic rings. The molecule has 3 aromatic carbocycles. The van der Waals surface area contributed by atoms with Gasteiger partial charge in [-0.3, -0.25) is 4.79 Å². The average Bonchev–Trinajstić information content (AvgIpc) is 3.40. The van der Waals surface area contributed by atoms with Gasteiger partial charge >= 0.3 is 0 Å². The van der Waals surface area contributed by atoms with Crippen molar-refractivity contribution in [1.29, 1.82) is 0 Å². The van der Waals surface area contributed by atoms with Crippen LogP contribution in [0.3, 0.4) is 0 Å². The van der Waals surface area contributed by atoms with Crippen LogP contribution in [-0.4, -0.2) is 28.1 Å². The van der Waals surface area contributed by atoms with Crippen LogP contribution < -0.4 is 33.8 Å². The third-order valence-corrected chi connectivity index (χ3v) is 6.55. The largest absolute Gasteiger partial charge is 0.493 e. The second-order valence-electron chi connectivity index (χ2n) is 9.94. The molecule has 1 aromatic heterocycles. The van der Waals surface area contributed by atoms with Gasteiger partial charge in [0.15, 0.2) is 23.0 Å². The number of hydrogen-bond acceptors (Lipinski definition) is 8. The SMILES string of the molecule is COc1cc2c(=O)c(-c3cc(OC)c4c(c3OC)OCO4)coc2cc1OCc1ccc(C(C)(C)C)cc1. The Hall–Kier alpha value is -4.33. The van der Waals surface area contributed by atoms with E-state index < -0.39 is 0 Å². The summed E-state index contributed by atoms with van der Waals surface area (Å²) in [5.74, 6) is 2.47. The van der Waals surface area contributed by atoms with Crippen LogP contribution >= 0.6 is 0 Å². The second kappa shape index (κ2) is 9.85.